The maximum absolute atomic E-state index is 13.0. The summed E-state index contributed by atoms with van der Waals surface area (Å²) in [7, 11) is 0. The van der Waals surface area contributed by atoms with Gasteiger partial charge in [0.25, 0.3) is 5.91 Å². The number of rotatable bonds is 8. The van der Waals surface area contributed by atoms with Gasteiger partial charge in [0.2, 0.25) is 0 Å². The van der Waals surface area contributed by atoms with E-state index in [0.29, 0.717) is 5.56 Å². The lowest BCUT2D eigenvalue weighted by molar-refractivity contribution is -0.138. The van der Waals surface area contributed by atoms with Gasteiger partial charge in [0.1, 0.15) is 0 Å². The molecule has 1 amide bonds. The van der Waals surface area contributed by atoms with E-state index in [2.05, 4.69) is 0 Å². The molecule has 0 radical (unpaired) electrons. The Hall–Kier alpha value is -3.67. The molecule has 2 aromatic rings. The molecule has 6 nitrogen and oxygen atoms in total. The second kappa shape index (κ2) is 9.22. The number of carbonyl (C=O) groups is 3. The molecule has 30 heavy (non-hydrogen) atoms. The Morgan fingerprint density at radius 1 is 1.07 bits per heavy atom. The van der Waals surface area contributed by atoms with Crippen molar-refractivity contribution < 1.29 is 24.6 Å². The van der Waals surface area contributed by atoms with E-state index in [0.717, 1.165) is 11.1 Å². The summed E-state index contributed by atoms with van der Waals surface area (Å²) >= 11 is 0. The average Bonchev–Trinajstić information content (AvgIpc) is 2.98. The Morgan fingerprint density at radius 2 is 1.73 bits per heavy atom. The lowest BCUT2D eigenvalue weighted by Gasteiger charge is -2.26. The highest BCUT2D eigenvalue weighted by Crippen LogP contribution is 2.38. The Labute approximate surface area is 174 Å². The SMILES string of the molecule is Cc1ccc(C2C(C(=O)C=Cc3ccccc3)=C(O)C(=O)N2CCCC(=O)O)cc1. The molecule has 3 rings (SSSR count). The Kier molecular flexibility index (Phi) is 6.47. The predicted octanol–water partition coefficient (Wildman–Crippen LogP) is 3.84. The second-order valence-electron chi connectivity index (χ2n) is 7.18. The molecule has 0 spiro atoms. The number of carbonyl (C=O) groups excluding carboxylic acids is 2. The number of benzene rings is 2. The van der Waals surface area contributed by atoms with Crippen molar-refractivity contribution in [3.05, 3.63) is 88.7 Å². The van der Waals surface area contributed by atoms with E-state index >= 15 is 0 Å². The molecule has 0 aliphatic carbocycles. The fourth-order valence-electron chi connectivity index (χ4n) is 3.46. The number of ketones is 1. The van der Waals surface area contributed by atoms with Crippen LogP contribution in [0.15, 0.2) is 72.0 Å². The van der Waals surface area contributed by atoms with E-state index in [9.17, 15) is 19.5 Å². The second-order valence-corrected chi connectivity index (χ2v) is 7.18. The van der Waals surface area contributed by atoms with Crippen LogP contribution in [-0.4, -0.2) is 39.3 Å². The molecule has 0 saturated carbocycles. The molecular formula is C24H23NO5. The van der Waals surface area contributed by atoms with Gasteiger partial charge in [0.05, 0.1) is 11.6 Å². The van der Waals surface area contributed by atoms with E-state index in [1.807, 2.05) is 61.5 Å². The summed E-state index contributed by atoms with van der Waals surface area (Å²) in [6, 6.07) is 15.8. The largest absolute Gasteiger partial charge is 0.503 e. The van der Waals surface area contributed by atoms with E-state index in [1.54, 1.807) is 6.08 Å². The van der Waals surface area contributed by atoms with Crippen LogP contribution in [0.3, 0.4) is 0 Å². The quantitative estimate of drug-likeness (QED) is 0.651. The third-order valence-corrected chi connectivity index (χ3v) is 4.98. The zero-order valence-electron chi connectivity index (χ0n) is 16.6. The van der Waals surface area contributed by atoms with Crippen LogP contribution in [0.25, 0.3) is 6.08 Å². The Bertz CT molecular complexity index is 1010. The highest BCUT2D eigenvalue weighted by atomic mass is 16.4. The van der Waals surface area contributed by atoms with E-state index in [-0.39, 0.29) is 25.0 Å². The first-order valence-electron chi connectivity index (χ1n) is 9.68. The molecule has 0 aromatic heterocycles. The summed E-state index contributed by atoms with van der Waals surface area (Å²) in [6.45, 7) is 2.04. The normalized spacial score (nSPS) is 16.5. The predicted molar refractivity (Wildman–Crippen MR) is 113 cm³/mol. The Morgan fingerprint density at radius 3 is 2.37 bits per heavy atom. The summed E-state index contributed by atoms with van der Waals surface area (Å²) in [5.41, 5.74) is 2.53. The monoisotopic (exact) mass is 405 g/mol. The van der Waals surface area contributed by atoms with Crippen LogP contribution in [0.2, 0.25) is 0 Å². The number of allylic oxidation sites excluding steroid dienone is 1. The highest BCUT2D eigenvalue weighted by Gasteiger charge is 2.42. The summed E-state index contributed by atoms with van der Waals surface area (Å²) in [5, 5.41) is 19.4. The first-order chi connectivity index (χ1) is 14.4. The molecule has 1 atom stereocenters. The van der Waals surface area contributed by atoms with E-state index in [1.165, 1.54) is 11.0 Å². The van der Waals surface area contributed by atoms with E-state index in [4.69, 9.17) is 5.11 Å². The van der Waals surface area contributed by atoms with Gasteiger partial charge >= 0.3 is 5.97 Å². The molecule has 2 aromatic carbocycles. The summed E-state index contributed by atoms with van der Waals surface area (Å²) in [6.07, 6.45) is 3.09. The highest BCUT2D eigenvalue weighted by molar-refractivity contribution is 6.14. The molecule has 1 aliphatic heterocycles. The minimum Gasteiger partial charge on any atom is -0.503 e. The number of aliphatic hydroxyl groups excluding tert-OH is 1. The number of carboxylic acid groups (broad SMARTS) is 1. The van der Waals surface area contributed by atoms with Gasteiger partial charge in [-0.1, -0.05) is 66.2 Å². The van der Waals surface area contributed by atoms with Crippen LogP contribution in [0.1, 0.15) is 35.6 Å². The lowest BCUT2D eigenvalue weighted by atomic mass is 9.95. The summed E-state index contributed by atoms with van der Waals surface area (Å²) in [5.74, 6) is -2.68. The lowest BCUT2D eigenvalue weighted by Crippen LogP contribution is -2.32. The van der Waals surface area contributed by atoms with Gasteiger partial charge in [-0.25, -0.2) is 0 Å². The molecule has 1 heterocycles. The zero-order chi connectivity index (χ0) is 21.7. The Balaban J connectivity index is 1.94. The minimum absolute atomic E-state index is 0.00589. The number of carboxylic acids is 1. The van der Waals surface area contributed by atoms with Crippen LogP contribution in [-0.2, 0) is 14.4 Å². The molecule has 0 saturated heterocycles. The molecule has 0 bridgehead atoms. The van der Waals surface area contributed by atoms with Crippen molar-refractivity contribution in [2.24, 2.45) is 0 Å². The van der Waals surface area contributed by atoms with Crippen LogP contribution in [0.5, 0.6) is 0 Å². The number of aliphatic carboxylic acids is 1. The third-order valence-electron chi connectivity index (χ3n) is 4.98. The van der Waals surface area contributed by atoms with Crippen LogP contribution < -0.4 is 0 Å². The molecule has 2 N–H and O–H groups in total. The van der Waals surface area contributed by atoms with Gasteiger partial charge in [-0.15, -0.1) is 0 Å². The van der Waals surface area contributed by atoms with Gasteiger partial charge in [-0.3, -0.25) is 14.4 Å². The topological polar surface area (TPSA) is 94.9 Å². The van der Waals surface area contributed by atoms with Crippen molar-refractivity contribution in [2.75, 3.05) is 6.54 Å². The fourth-order valence-corrected chi connectivity index (χ4v) is 3.46. The maximum atomic E-state index is 13.0. The fraction of sp³-hybridized carbons (Fsp3) is 0.208. The number of aliphatic hydroxyl groups is 1. The number of nitrogens with zero attached hydrogens (tertiary/aromatic N) is 1. The van der Waals surface area contributed by atoms with Crippen molar-refractivity contribution in [3.63, 3.8) is 0 Å². The molecular weight excluding hydrogens is 382 g/mol. The molecule has 0 fully saturated rings. The summed E-state index contributed by atoms with van der Waals surface area (Å²) in [4.78, 5) is 37.9. The van der Waals surface area contributed by atoms with Gasteiger partial charge in [0, 0.05) is 13.0 Å². The number of hydrogen-bond donors (Lipinski definition) is 2. The van der Waals surface area contributed by atoms with Gasteiger partial charge in [-0.2, -0.15) is 0 Å². The van der Waals surface area contributed by atoms with E-state index < -0.39 is 29.5 Å². The molecule has 6 heteroatoms. The van der Waals surface area contributed by atoms with Gasteiger partial charge in [-0.05, 0) is 30.5 Å². The molecule has 154 valence electrons. The van der Waals surface area contributed by atoms with Crippen molar-refractivity contribution in [1.29, 1.82) is 0 Å². The van der Waals surface area contributed by atoms with Crippen LogP contribution in [0, 0.1) is 6.92 Å². The number of hydrogen-bond acceptors (Lipinski definition) is 4. The van der Waals surface area contributed by atoms with Gasteiger partial charge < -0.3 is 15.1 Å². The summed E-state index contributed by atoms with van der Waals surface area (Å²) < 4.78 is 0. The first-order valence-corrected chi connectivity index (χ1v) is 9.68. The van der Waals surface area contributed by atoms with Gasteiger partial charge in [0.15, 0.2) is 11.5 Å². The van der Waals surface area contributed by atoms with Crippen molar-refractivity contribution >= 4 is 23.7 Å². The zero-order valence-corrected chi connectivity index (χ0v) is 16.6. The maximum Gasteiger partial charge on any atom is 0.303 e. The molecule has 1 unspecified atom stereocenters. The first kappa shape index (κ1) is 21.0. The standard InChI is InChI=1S/C24H23NO5/c1-16-9-12-18(13-10-16)22-21(19(26)14-11-17-6-3-2-4-7-17)23(29)24(30)25(22)15-5-8-20(27)28/h2-4,6-7,9-14,22,29H,5,8,15H2,1H3,(H,27,28). The van der Waals surface area contributed by atoms with Crippen LogP contribution in [0.4, 0.5) is 0 Å². The minimum atomic E-state index is -0.965. The smallest absolute Gasteiger partial charge is 0.303 e. The van der Waals surface area contributed by atoms with Crippen LogP contribution >= 0.6 is 0 Å². The number of aryl methyl sites for hydroxylation is 1. The molecule has 1 aliphatic rings. The average molecular weight is 405 g/mol. The van der Waals surface area contributed by atoms with Crippen molar-refractivity contribution in [2.45, 2.75) is 25.8 Å². The number of amides is 1. The third kappa shape index (κ3) is 4.66. The van der Waals surface area contributed by atoms with Crippen molar-refractivity contribution in [1.82, 2.24) is 4.90 Å². The van der Waals surface area contributed by atoms with Crippen molar-refractivity contribution in [3.8, 4) is 0 Å².